The largest absolute Gasteiger partial charge is 0.344 e. The van der Waals surface area contributed by atoms with Gasteiger partial charge in [0.25, 0.3) is 5.91 Å². The molecule has 134 valence electrons. The number of hydrogen-bond acceptors (Lipinski definition) is 3. The molecule has 0 saturated carbocycles. The molecule has 0 bridgehead atoms. The summed E-state index contributed by atoms with van der Waals surface area (Å²) in [5, 5.41) is 13.3. The van der Waals surface area contributed by atoms with Crippen LogP contribution in [0, 0.1) is 0 Å². The Balaban J connectivity index is 1.45. The molecule has 26 heavy (non-hydrogen) atoms. The van der Waals surface area contributed by atoms with Crippen molar-refractivity contribution in [3.8, 4) is 0 Å². The summed E-state index contributed by atoms with van der Waals surface area (Å²) in [5.41, 5.74) is 1.57. The van der Waals surface area contributed by atoms with Gasteiger partial charge in [-0.3, -0.25) is 9.48 Å². The van der Waals surface area contributed by atoms with E-state index in [1.54, 1.807) is 6.07 Å². The third-order valence-corrected chi connectivity index (χ3v) is 5.11. The zero-order valence-corrected chi connectivity index (χ0v) is 15.0. The van der Waals surface area contributed by atoms with E-state index < -0.39 is 0 Å². The highest BCUT2D eigenvalue weighted by molar-refractivity contribution is 5.92. The molecule has 0 aliphatic carbocycles. The first-order chi connectivity index (χ1) is 12.7. The van der Waals surface area contributed by atoms with Crippen LogP contribution in [0.25, 0.3) is 10.8 Å². The van der Waals surface area contributed by atoms with Gasteiger partial charge in [-0.05, 0) is 54.8 Å². The standard InChI is InChI=1S/C21H24N4O/c1-15(17-9-8-16-5-2-3-6-18(16)13-17)23-21(26)20-10-12-25(24-20)19-7-4-11-22-14-19/h2-3,5-6,8-10,12-13,15,19,22H,4,7,11,14H2,1H3,(H,23,26). The van der Waals surface area contributed by atoms with Crippen molar-refractivity contribution >= 4 is 16.7 Å². The predicted molar refractivity (Wildman–Crippen MR) is 103 cm³/mol. The fourth-order valence-electron chi connectivity index (χ4n) is 3.55. The molecule has 2 aromatic carbocycles. The first-order valence-corrected chi connectivity index (χ1v) is 9.26. The molecule has 2 heterocycles. The van der Waals surface area contributed by atoms with Crippen molar-refractivity contribution in [1.29, 1.82) is 0 Å². The van der Waals surface area contributed by atoms with Crippen LogP contribution < -0.4 is 10.6 Å². The number of piperidine rings is 1. The molecule has 4 rings (SSSR count). The van der Waals surface area contributed by atoms with E-state index in [9.17, 15) is 4.79 Å². The molecular weight excluding hydrogens is 324 g/mol. The monoisotopic (exact) mass is 348 g/mol. The molecule has 0 radical (unpaired) electrons. The van der Waals surface area contributed by atoms with Gasteiger partial charge in [-0.25, -0.2) is 0 Å². The number of nitrogens with zero attached hydrogens (tertiary/aromatic N) is 2. The molecule has 5 heteroatoms. The minimum atomic E-state index is -0.131. The topological polar surface area (TPSA) is 59.0 Å². The zero-order valence-electron chi connectivity index (χ0n) is 15.0. The van der Waals surface area contributed by atoms with Crippen LogP contribution in [-0.2, 0) is 0 Å². The van der Waals surface area contributed by atoms with Crippen LogP contribution in [0.1, 0.15) is 47.9 Å². The summed E-state index contributed by atoms with van der Waals surface area (Å²) in [7, 11) is 0. The molecule has 1 saturated heterocycles. The highest BCUT2D eigenvalue weighted by atomic mass is 16.2. The smallest absolute Gasteiger partial charge is 0.272 e. The maximum Gasteiger partial charge on any atom is 0.272 e. The maximum absolute atomic E-state index is 12.6. The molecule has 2 atom stereocenters. The second-order valence-electron chi connectivity index (χ2n) is 6.98. The first kappa shape index (κ1) is 16.8. The van der Waals surface area contributed by atoms with Crippen LogP contribution in [0.15, 0.2) is 54.7 Å². The van der Waals surface area contributed by atoms with Crippen LogP contribution in [0.4, 0.5) is 0 Å². The van der Waals surface area contributed by atoms with Crippen molar-refractivity contribution in [3.05, 3.63) is 66.0 Å². The lowest BCUT2D eigenvalue weighted by molar-refractivity contribution is 0.0933. The van der Waals surface area contributed by atoms with Gasteiger partial charge in [-0.15, -0.1) is 0 Å². The molecule has 0 spiro atoms. The number of benzene rings is 2. The highest BCUT2D eigenvalue weighted by Gasteiger charge is 2.19. The maximum atomic E-state index is 12.6. The van der Waals surface area contributed by atoms with Crippen molar-refractivity contribution in [3.63, 3.8) is 0 Å². The number of rotatable bonds is 4. The van der Waals surface area contributed by atoms with Gasteiger partial charge < -0.3 is 10.6 Å². The minimum Gasteiger partial charge on any atom is -0.344 e. The number of carbonyl (C=O) groups excluding carboxylic acids is 1. The fourth-order valence-corrected chi connectivity index (χ4v) is 3.55. The van der Waals surface area contributed by atoms with Gasteiger partial charge in [0.1, 0.15) is 5.69 Å². The van der Waals surface area contributed by atoms with E-state index in [1.807, 2.05) is 29.9 Å². The number of nitrogens with one attached hydrogen (secondary N) is 2. The SMILES string of the molecule is CC(NC(=O)c1ccn(C2CCCNC2)n1)c1ccc2ccccc2c1. The Morgan fingerprint density at radius 3 is 2.88 bits per heavy atom. The molecule has 2 N–H and O–H groups in total. The second-order valence-corrected chi connectivity index (χ2v) is 6.98. The van der Waals surface area contributed by atoms with Crippen LogP contribution >= 0.6 is 0 Å². The van der Waals surface area contributed by atoms with E-state index in [-0.39, 0.29) is 11.9 Å². The molecule has 3 aromatic rings. The van der Waals surface area contributed by atoms with Crippen LogP contribution in [0.3, 0.4) is 0 Å². The van der Waals surface area contributed by atoms with Gasteiger partial charge >= 0.3 is 0 Å². The van der Waals surface area contributed by atoms with E-state index in [1.165, 1.54) is 10.8 Å². The molecule has 1 fully saturated rings. The Hall–Kier alpha value is -2.66. The summed E-state index contributed by atoms with van der Waals surface area (Å²) in [6.07, 6.45) is 4.15. The average Bonchev–Trinajstić information content (AvgIpc) is 3.18. The van der Waals surface area contributed by atoms with Crippen molar-refractivity contribution < 1.29 is 4.79 Å². The first-order valence-electron chi connectivity index (χ1n) is 9.26. The molecule has 1 aliphatic rings. The summed E-state index contributed by atoms with van der Waals surface area (Å²) < 4.78 is 1.92. The highest BCUT2D eigenvalue weighted by Crippen LogP contribution is 2.21. The summed E-state index contributed by atoms with van der Waals surface area (Å²) in [6.45, 7) is 3.98. The Bertz CT molecular complexity index is 911. The number of amides is 1. The third kappa shape index (κ3) is 3.48. The van der Waals surface area contributed by atoms with Gasteiger partial charge in [-0.2, -0.15) is 5.10 Å². The number of carbonyl (C=O) groups is 1. The van der Waals surface area contributed by atoms with Gasteiger partial charge in [-0.1, -0.05) is 36.4 Å². The van der Waals surface area contributed by atoms with Crippen molar-refractivity contribution in [2.75, 3.05) is 13.1 Å². The molecule has 2 unspecified atom stereocenters. The quantitative estimate of drug-likeness (QED) is 0.759. The van der Waals surface area contributed by atoms with Gasteiger partial charge in [0.2, 0.25) is 0 Å². The number of hydrogen-bond donors (Lipinski definition) is 2. The third-order valence-electron chi connectivity index (χ3n) is 5.11. The summed E-state index contributed by atoms with van der Waals surface area (Å²) >= 11 is 0. The molecule has 1 amide bonds. The number of fused-ring (bicyclic) bond motifs is 1. The van der Waals surface area contributed by atoms with Crippen molar-refractivity contribution in [2.24, 2.45) is 0 Å². The van der Waals surface area contributed by atoms with E-state index >= 15 is 0 Å². The molecule has 5 nitrogen and oxygen atoms in total. The molecule has 1 aliphatic heterocycles. The lowest BCUT2D eigenvalue weighted by Gasteiger charge is -2.22. The van der Waals surface area contributed by atoms with Gasteiger partial charge in [0.05, 0.1) is 12.1 Å². The summed E-state index contributed by atoms with van der Waals surface area (Å²) in [5.74, 6) is -0.131. The van der Waals surface area contributed by atoms with Crippen molar-refractivity contribution in [1.82, 2.24) is 20.4 Å². The Morgan fingerprint density at radius 1 is 1.23 bits per heavy atom. The van der Waals surface area contributed by atoms with E-state index in [2.05, 4.69) is 46.1 Å². The molecular formula is C21H24N4O. The second kappa shape index (κ2) is 7.30. The summed E-state index contributed by atoms with van der Waals surface area (Å²) in [4.78, 5) is 12.6. The zero-order chi connectivity index (χ0) is 17.9. The minimum absolute atomic E-state index is 0.0754. The Labute approximate surface area is 153 Å². The van der Waals surface area contributed by atoms with Crippen LogP contribution in [0.5, 0.6) is 0 Å². The normalized spacial score (nSPS) is 18.6. The van der Waals surface area contributed by atoms with Gasteiger partial charge in [0, 0.05) is 12.7 Å². The van der Waals surface area contributed by atoms with Crippen molar-refractivity contribution in [2.45, 2.75) is 31.8 Å². The lowest BCUT2D eigenvalue weighted by atomic mass is 10.0. The van der Waals surface area contributed by atoms with E-state index in [0.29, 0.717) is 11.7 Å². The summed E-state index contributed by atoms with van der Waals surface area (Å²) in [6, 6.07) is 16.6. The van der Waals surface area contributed by atoms with Crippen LogP contribution in [-0.4, -0.2) is 28.8 Å². The van der Waals surface area contributed by atoms with Gasteiger partial charge in [0.15, 0.2) is 0 Å². The number of aromatic nitrogens is 2. The lowest BCUT2D eigenvalue weighted by Crippen LogP contribution is -2.32. The average molecular weight is 348 g/mol. The molecule has 1 aromatic heterocycles. The predicted octanol–water partition coefficient (Wildman–Crippen LogP) is 3.45. The fraction of sp³-hybridized carbons (Fsp3) is 0.333. The Morgan fingerprint density at radius 2 is 2.08 bits per heavy atom. The Kier molecular flexibility index (Phi) is 4.71. The van der Waals surface area contributed by atoms with Crippen LogP contribution in [0.2, 0.25) is 0 Å². The van der Waals surface area contributed by atoms with E-state index in [0.717, 1.165) is 31.5 Å². The van der Waals surface area contributed by atoms with E-state index in [4.69, 9.17) is 0 Å².